The van der Waals surface area contributed by atoms with Gasteiger partial charge in [0, 0.05) is 78.8 Å². The average molecular weight is 543 g/mol. The van der Waals surface area contributed by atoms with Crippen molar-refractivity contribution in [3.8, 4) is 22.6 Å². The molecule has 0 saturated carbocycles. The van der Waals surface area contributed by atoms with Gasteiger partial charge in [0.1, 0.15) is 17.7 Å². The molecule has 1 saturated heterocycles. The van der Waals surface area contributed by atoms with Crippen LogP contribution in [0.5, 0.6) is 11.5 Å². The topological polar surface area (TPSA) is 63.9 Å². The van der Waals surface area contributed by atoms with Crippen molar-refractivity contribution in [3.63, 3.8) is 0 Å². The number of nitrogen functional groups attached to an aromatic ring is 1. The molecule has 2 heterocycles. The molecule has 0 amide bonds. The van der Waals surface area contributed by atoms with Gasteiger partial charge in [0.25, 0.3) is 5.92 Å². The first kappa shape index (κ1) is 28.5. The summed E-state index contributed by atoms with van der Waals surface area (Å²) in [5.41, 5.74) is 8.49. The van der Waals surface area contributed by atoms with E-state index in [1.807, 2.05) is 18.2 Å². The number of benzene rings is 2. The summed E-state index contributed by atoms with van der Waals surface area (Å²) in [6, 6.07) is 10.9. The van der Waals surface area contributed by atoms with Crippen LogP contribution in [0.1, 0.15) is 51.8 Å². The predicted molar refractivity (Wildman–Crippen MR) is 149 cm³/mol. The lowest BCUT2D eigenvalue weighted by atomic mass is 9.98. The Balaban J connectivity index is 1.59. The number of hydrogen-bond acceptors (Lipinski definition) is 6. The Morgan fingerprint density at radius 2 is 1.64 bits per heavy atom. The highest BCUT2D eigenvalue weighted by atomic mass is 19.3. The lowest BCUT2D eigenvalue weighted by Gasteiger charge is -2.43. The minimum Gasteiger partial charge on any atom is -0.496 e. The van der Waals surface area contributed by atoms with Crippen molar-refractivity contribution in [1.82, 2.24) is 9.88 Å². The highest BCUT2D eigenvalue weighted by Gasteiger charge is 2.31. The fourth-order valence-corrected chi connectivity index (χ4v) is 4.97. The summed E-state index contributed by atoms with van der Waals surface area (Å²) in [6.45, 7) is 12.8. The van der Waals surface area contributed by atoms with E-state index in [9.17, 15) is 13.2 Å². The van der Waals surface area contributed by atoms with Crippen LogP contribution in [-0.2, 0) is 5.92 Å². The molecule has 1 atom stereocenters. The van der Waals surface area contributed by atoms with Crippen LogP contribution in [0.4, 0.5) is 24.7 Å². The number of piperazine rings is 1. The van der Waals surface area contributed by atoms with Gasteiger partial charge in [0.15, 0.2) is 11.6 Å². The molecular formula is C30H37F3N4O2. The SMILES string of the molecule is COc1cc(N2CCN(C(C)(C)C)CC2)ccc1-c1cnc(N)c(OC(C)c2cc(F)ccc2C(C)(F)F)c1. The van der Waals surface area contributed by atoms with Gasteiger partial charge in [-0.1, -0.05) is 0 Å². The summed E-state index contributed by atoms with van der Waals surface area (Å²) in [7, 11) is 1.61. The van der Waals surface area contributed by atoms with E-state index in [-0.39, 0.29) is 28.2 Å². The first-order valence-corrected chi connectivity index (χ1v) is 13.1. The molecule has 3 aromatic rings. The summed E-state index contributed by atoms with van der Waals surface area (Å²) in [5.74, 6) is -2.83. The van der Waals surface area contributed by atoms with Crippen LogP contribution in [0.3, 0.4) is 0 Å². The Morgan fingerprint density at radius 3 is 2.26 bits per heavy atom. The van der Waals surface area contributed by atoms with Gasteiger partial charge in [-0.05, 0) is 64.1 Å². The van der Waals surface area contributed by atoms with Crippen molar-refractivity contribution >= 4 is 11.5 Å². The second-order valence-corrected chi connectivity index (χ2v) is 11.0. The number of alkyl halides is 2. The van der Waals surface area contributed by atoms with Gasteiger partial charge in [0.2, 0.25) is 0 Å². The number of methoxy groups -OCH3 is 1. The van der Waals surface area contributed by atoms with Gasteiger partial charge in [-0.15, -0.1) is 0 Å². The highest BCUT2D eigenvalue weighted by molar-refractivity contribution is 5.75. The van der Waals surface area contributed by atoms with Gasteiger partial charge in [-0.25, -0.2) is 18.2 Å². The standard InChI is InChI=1S/C30H37F3N4O2/c1-19(24-16-21(31)7-10-25(24)30(5,32)33)39-27-15-20(18-35-28(27)34)23-9-8-22(17-26(23)38-6)36-11-13-37(14-12-36)29(2,3)4/h7-10,15-19H,11-14H2,1-6H3,(H2,34,35). The van der Waals surface area contributed by atoms with E-state index in [1.165, 1.54) is 0 Å². The summed E-state index contributed by atoms with van der Waals surface area (Å²) in [6.07, 6.45) is 0.706. The number of nitrogens with two attached hydrogens (primary N) is 1. The number of halogens is 3. The minimum absolute atomic E-state index is 0.0424. The Kier molecular flexibility index (Phi) is 8.02. The molecule has 0 radical (unpaired) electrons. The van der Waals surface area contributed by atoms with E-state index in [0.717, 1.165) is 62.6 Å². The number of pyridine rings is 1. The Labute approximate surface area is 228 Å². The molecule has 0 bridgehead atoms. The summed E-state index contributed by atoms with van der Waals surface area (Å²) in [4.78, 5) is 9.09. The molecule has 2 aromatic carbocycles. The smallest absolute Gasteiger partial charge is 0.270 e. The molecule has 0 spiro atoms. The van der Waals surface area contributed by atoms with Gasteiger partial charge in [-0.3, -0.25) is 4.90 Å². The molecular weight excluding hydrogens is 505 g/mol. The quantitative estimate of drug-likeness (QED) is 0.361. The fourth-order valence-electron chi connectivity index (χ4n) is 4.97. The van der Waals surface area contributed by atoms with Crippen LogP contribution in [-0.4, -0.2) is 48.7 Å². The molecule has 1 aliphatic heterocycles. The third-order valence-electron chi connectivity index (χ3n) is 7.20. The molecule has 0 aliphatic carbocycles. The zero-order valence-corrected chi connectivity index (χ0v) is 23.4. The van der Waals surface area contributed by atoms with Crippen LogP contribution < -0.4 is 20.1 Å². The van der Waals surface area contributed by atoms with E-state index in [1.54, 1.807) is 26.3 Å². The van der Waals surface area contributed by atoms with Crippen LogP contribution in [0.15, 0.2) is 48.7 Å². The molecule has 1 aromatic heterocycles. The summed E-state index contributed by atoms with van der Waals surface area (Å²) >= 11 is 0. The van der Waals surface area contributed by atoms with Gasteiger partial charge in [0.05, 0.1) is 7.11 Å². The van der Waals surface area contributed by atoms with Crippen molar-refractivity contribution in [2.75, 3.05) is 43.9 Å². The lowest BCUT2D eigenvalue weighted by Crippen LogP contribution is -2.53. The normalized spacial score (nSPS) is 15.8. The Bertz CT molecular complexity index is 1310. The van der Waals surface area contributed by atoms with Crippen LogP contribution in [0, 0.1) is 5.82 Å². The Morgan fingerprint density at radius 1 is 0.949 bits per heavy atom. The molecule has 210 valence electrons. The van der Waals surface area contributed by atoms with E-state index < -0.39 is 17.8 Å². The van der Waals surface area contributed by atoms with E-state index >= 15 is 0 Å². The van der Waals surface area contributed by atoms with Crippen molar-refractivity contribution in [2.45, 2.75) is 52.2 Å². The molecule has 9 heteroatoms. The molecule has 1 aliphatic rings. The van der Waals surface area contributed by atoms with Crippen molar-refractivity contribution in [1.29, 1.82) is 0 Å². The summed E-state index contributed by atoms with van der Waals surface area (Å²) < 4.78 is 54.1. The van der Waals surface area contributed by atoms with E-state index in [0.29, 0.717) is 11.3 Å². The maximum atomic E-state index is 14.2. The van der Waals surface area contributed by atoms with Crippen LogP contribution in [0.2, 0.25) is 0 Å². The van der Waals surface area contributed by atoms with Crippen molar-refractivity contribution < 1.29 is 22.6 Å². The maximum Gasteiger partial charge on any atom is 0.270 e. The van der Waals surface area contributed by atoms with Gasteiger partial charge >= 0.3 is 0 Å². The molecule has 6 nitrogen and oxygen atoms in total. The van der Waals surface area contributed by atoms with Gasteiger partial charge < -0.3 is 20.1 Å². The number of hydrogen-bond donors (Lipinski definition) is 1. The zero-order valence-electron chi connectivity index (χ0n) is 23.4. The van der Waals surface area contributed by atoms with E-state index in [4.69, 9.17) is 15.2 Å². The molecule has 4 rings (SSSR count). The largest absolute Gasteiger partial charge is 0.496 e. The minimum atomic E-state index is -3.17. The maximum absolute atomic E-state index is 14.2. The Hall–Kier alpha value is -3.46. The van der Waals surface area contributed by atoms with Crippen LogP contribution >= 0.6 is 0 Å². The highest BCUT2D eigenvalue weighted by Crippen LogP contribution is 2.39. The monoisotopic (exact) mass is 542 g/mol. The van der Waals surface area contributed by atoms with E-state index in [2.05, 4.69) is 35.6 Å². The second-order valence-electron chi connectivity index (χ2n) is 11.0. The predicted octanol–water partition coefficient (Wildman–Crippen LogP) is 6.65. The molecule has 39 heavy (non-hydrogen) atoms. The first-order chi connectivity index (χ1) is 18.3. The number of rotatable bonds is 7. The third kappa shape index (κ3) is 6.41. The third-order valence-corrected chi connectivity index (χ3v) is 7.20. The first-order valence-electron chi connectivity index (χ1n) is 13.1. The number of nitrogens with zero attached hydrogens (tertiary/aromatic N) is 3. The van der Waals surface area contributed by atoms with Crippen molar-refractivity contribution in [3.05, 3.63) is 65.6 Å². The zero-order chi connectivity index (χ0) is 28.5. The molecule has 1 fully saturated rings. The molecule has 1 unspecified atom stereocenters. The van der Waals surface area contributed by atoms with Crippen LogP contribution in [0.25, 0.3) is 11.1 Å². The number of aromatic nitrogens is 1. The lowest BCUT2D eigenvalue weighted by molar-refractivity contribution is 0.0145. The van der Waals surface area contributed by atoms with Crippen molar-refractivity contribution in [2.24, 2.45) is 0 Å². The average Bonchev–Trinajstić information content (AvgIpc) is 2.88. The number of anilines is 2. The number of ether oxygens (including phenoxy) is 2. The fraction of sp³-hybridized carbons (Fsp3) is 0.433. The van der Waals surface area contributed by atoms with Gasteiger partial charge in [-0.2, -0.15) is 0 Å². The second kappa shape index (κ2) is 11.0. The molecule has 2 N–H and O–H groups in total. The summed E-state index contributed by atoms with van der Waals surface area (Å²) in [5, 5.41) is 0.